The van der Waals surface area contributed by atoms with Crippen molar-refractivity contribution >= 4 is 36.4 Å². The first-order valence-corrected chi connectivity index (χ1v) is 7.08. The first-order valence-electron chi connectivity index (χ1n) is 7.08. The van der Waals surface area contributed by atoms with Crippen molar-refractivity contribution < 1.29 is 4.79 Å². The number of anilines is 1. The topological polar surface area (TPSA) is 32.3 Å². The number of carbonyl (C=O) groups excluding carboxylic acids is 1. The number of halogens is 2. The van der Waals surface area contributed by atoms with Gasteiger partial charge in [-0.3, -0.25) is 4.79 Å². The lowest BCUT2D eigenvalue weighted by Gasteiger charge is -2.19. The summed E-state index contributed by atoms with van der Waals surface area (Å²) in [5.41, 5.74) is 4.69. The molecule has 0 heterocycles. The molecule has 0 aliphatic carbocycles. The zero-order valence-corrected chi connectivity index (χ0v) is 15.3. The van der Waals surface area contributed by atoms with E-state index >= 15 is 0 Å². The molecule has 1 aromatic rings. The Labute approximate surface area is 141 Å². The van der Waals surface area contributed by atoms with Gasteiger partial charge in [-0.05, 0) is 56.1 Å². The van der Waals surface area contributed by atoms with Gasteiger partial charge in [0.05, 0.1) is 0 Å². The van der Waals surface area contributed by atoms with E-state index in [4.69, 9.17) is 0 Å². The molecule has 0 fully saturated rings. The maximum Gasteiger partial charge on any atom is 0.221 e. The van der Waals surface area contributed by atoms with Gasteiger partial charge < -0.3 is 10.2 Å². The first-order chi connectivity index (χ1) is 8.97. The molecule has 1 N–H and O–H groups in total. The van der Waals surface area contributed by atoms with Crippen molar-refractivity contribution in [2.45, 2.75) is 41.0 Å². The maximum absolute atomic E-state index is 11.1. The summed E-state index contributed by atoms with van der Waals surface area (Å²) in [6, 6.07) is 4.28. The van der Waals surface area contributed by atoms with E-state index in [1.165, 1.54) is 11.1 Å². The summed E-state index contributed by atoms with van der Waals surface area (Å²) in [4.78, 5) is 13.6. The molecule has 1 aromatic carbocycles. The third-order valence-electron chi connectivity index (χ3n) is 3.59. The molecule has 0 spiro atoms. The molecular formula is C16H28Cl2N2O. The minimum Gasteiger partial charge on any atom is -0.326 e. The summed E-state index contributed by atoms with van der Waals surface area (Å²) in [6.07, 6.45) is 1.06. The lowest BCUT2D eigenvalue weighted by Crippen LogP contribution is -2.25. The van der Waals surface area contributed by atoms with Crippen LogP contribution in [0.3, 0.4) is 0 Å². The van der Waals surface area contributed by atoms with Crippen molar-refractivity contribution in [3.05, 3.63) is 28.8 Å². The Bertz CT molecular complexity index is 446. The van der Waals surface area contributed by atoms with E-state index in [1.54, 1.807) is 6.92 Å². The summed E-state index contributed by atoms with van der Waals surface area (Å²) < 4.78 is 0. The standard InChI is InChI=1S/C16H26N2O.2ClH/c1-6-18(7-2)9-8-15-10-13(4)16(11-12(15)3)17-14(5)19;;/h10-11H,6-9H2,1-5H3,(H,17,19);2*1H. The minimum absolute atomic E-state index is 0. The van der Waals surface area contributed by atoms with E-state index in [0.717, 1.165) is 37.3 Å². The fraction of sp³-hybridized carbons (Fsp3) is 0.562. The number of nitrogens with zero attached hydrogens (tertiary/aromatic N) is 1. The number of amides is 1. The lowest BCUT2D eigenvalue weighted by molar-refractivity contribution is -0.114. The van der Waals surface area contributed by atoms with Crippen LogP contribution >= 0.6 is 24.8 Å². The average molecular weight is 335 g/mol. The van der Waals surface area contributed by atoms with Crippen molar-refractivity contribution in [2.75, 3.05) is 25.0 Å². The normalized spacial score (nSPS) is 9.81. The molecule has 5 heteroatoms. The zero-order valence-electron chi connectivity index (χ0n) is 13.7. The van der Waals surface area contributed by atoms with Crippen LogP contribution < -0.4 is 5.32 Å². The third kappa shape index (κ3) is 7.16. The first kappa shape index (κ1) is 22.5. The summed E-state index contributed by atoms with van der Waals surface area (Å²) in [6.45, 7) is 13.4. The number of benzene rings is 1. The zero-order chi connectivity index (χ0) is 14.4. The Balaban J connectivity index is 0. The number of likely N-dealkylation sites (N-methyl/N-ethyl adjacent to an activating group) is 1. The molecule has 21 heavy (non-hydrogen) atoms. The molecule has 3 nitrogen and oxygen atoms in total. The highest BCUT2D eigenvalue weighted by Crippen LogP contribution is 2.21. The second-order valence-corrected chi connectivity index (χ2v) is 5.05. The van der Waals surface area contributed by atoms with Crippen LogP contribution in [0.5, 0.6) is 0 Å². The van der Waals surface area contributed by atoms with Gasteiger partial charge in [-0.25, -0.2) is 0 Å². The van der Waals surface area contributed by atoms with Gasteiger partial charge in [-0.15, -0.1) is 24.8 Å². The molecule has 0 saturated carbocycles. The van der Waals surface area contributed by atoms with Gasteiger partial charge in [0.25, 0.3) is 0 Å². The number of nitrogens with one attached hydrogen (secondary N) is 1. The number of hydrogen-bond donors (Lipinski definition) is 1. The van der Waals surface area contributed by atoms with Crippen LogP contribution in [0.4, 0.5) is 5.69 Å². The number of aryl methyl sites for hydroxylation is 2. The smallest absolute Gasteiger partial charge is 0.221 e. The van der Waals surface area contributed by atoms with Crippen molar-refractivity contribution in [3.8, 4) is 0 Å². The number of carbonyl (C=O) groups is 1. The molecule has 0 atom stereocenters. The van der Waals surface area contributed by atoms with Gasteiger partial charge in [0.2, 0.25) is 5.91 Å². The second kappa shape index (κ2) is 10.9. The monoisotopic (exact) mass is 334 g/mol. The summed E-state index contributed by atoms with van der Waals surface area (Å²) in [5, 5.41) is 2.88. The molecule has 1 rings (SSSR count). The molecule has 0 aromatic heterocycles. The molecule has 0 aliphatic heterocycles. The second-order valence-electron chi connectivity index (χ2n) is 5.05. The lowest BCUT2D eigenvalue weighted by atomic mass is 10.0. The highest BCUT2D eigenvalue weighted by molar-refractivity contribution is 5.89. The largest absolute Gasteiger partial charge is 0.326 e. The molecular weight excluding hydrogens is 307 g/mol. The Morgan fingerprint density at radius 1 is 1.10 bits per heavy atom. The Morgan fingerprint density at radius 2 is 1.67 bits per heavy atom. The van der Waals surface area contributed by atoms with Crippen LogP contribution in [0.2, 0.25) is 0 Å². The molecule has 0 unspecified atom stereocenters. The summed E-state index contributed by atoms with van der Waals surface area (Å²) in [7, 11) is 0. The maximum atomic E-state index is 11.1. The van der Waals surface area contributed by atoms with Gasteiger partial charge >= 0.3 is 0 Å². The van der Waals surface area contributed by atoms with Gasteiger partial charge in [-0.2, -0.15) is 0 Å². The van der Waals surface area contributed by atoms with Gasteiger partial charge in [0, 0.05) is 19.2 Å². The molecule has 0 radical (unpaired) electrons. The van der Waals surface area contributed by atoms with E-state index in [-0.39, 0.29) is 30.7 Å². The van der Waals surface area contributed by atoms with Gasteiger partial charge in [0.1, 0.15) is 0 Å². The van der Waals surface area contributed by atoms with E-state index in [2.05, 4.69) is 43.1 Å². The predicted octanol–water partition coefficient (Wildman–Crippen LogP) is 3.99. The van der Waals surface area contributed by atoms with Gasteiger partial charge in [-0.1, -0.05) is 19.9 Å². The average Bonchev–Trinajstić information content (AvgIpc) is 2.35. The van der Waals surface area contributed by atoms with Crippen molar-refractivity contribution in [1.82, 2.24) is 4.90 Å². The summed E-state index contributed by atoms with van der Waals surface area (Å²) in [5.74, 6) is -0.0154. The SMILES string of the molecule is CCN(CC)CCc1cc(C)c(NC(C)=O)cc1C.Cl.Cl. The van der Waals surface area contributed by atoms with Gasteiger partial charge in [0.15, 0.2) is 0 Å². The van der Waals surface area contributed by atoms with E-state index in [9.17, 15) is 4.79 Å². The molecule has 1 amide bonds. The van der Waals surface area contributed by atoms with Crippen LogP contribution in [0.1, 0.15) is 37.5 Å². The Morgan fingerprint density at radius 3 is 2.14 bits per heavy atom. The fourth-order valence-electron chi connectivity index (χ4n) is 2.29. The van der Waals surface area contributed by atoms with Crippen LogP contribution in [0, 0.1) is 13.8 Å². The van der Waals surface area contributed by atoms with E-state index in [0.29, 0.717) is 0 Å². The van der Waals surface area contributed by atoms with Crippen LogP contribution in [-0.2, 0) is 11.2 Å². The fourth-order valence-corrected chi connectivity index (χ4v) is 2.29. The van der Waals surface area contributed by atoms with E-state index in [1.807, 2.05) is 6.92 Å². The predicted molar refractivity (Wildman–Crippen MR) is 96.2 cm³/mol. The van der Waals surface area contributed by atoms with Crippen molar-refractivity contribution in [2.24, 2.45) is 0 Å². The highest BCUT2D eigenvalue weighted by Gasteiger charge is 2.07. The Kier molecular flexibility index (Phi) is 11.7. The molecule has 0 bridgehead atoms. The quantitative estimate of drug-likeness (QED) is 0.852. The molecule has 122 valence electrons. The van der Waals surface area contributed by atoms with Crippen LogP contribution in [-0.4, -0.2) is 30.4 Å². The number of rotatable bonds is 6. The number of hydrogen-bond acceptors (Lipinski definition) is 2. The Hall–Kier alpha value is -0.770. The highest BCUT2D eigenvalue weighted by atomic mass is 35.5. The minimum atomic E-state index is -0.0154. The van der Waals surface area contributed by atoms with Crippen molar-refractivity contribution in [3.63, 3.8) is 0 Å². The van der Waals surface area contributed by atoms with Crippen molar-refractivity contribution in [1.29, 1.82) is 0 Å². The van der Waals surface area contributed by atoms with Crippen LogP contribution in [0.25, 0.3) is 0 Å². The molecule has 0 aliphatic rings. The third-order valence-corrected chi connectivity index (χ3v) is 3.59. The molecule has 0 saturated heterocycles. The van der Waals surface area contributed by atoms with E-state index < -0.39 is 0 Å². The van der Waals surface area contributed by atoms with Crippen LogP contribution in [0.15, 0.2) is 12.1 Å². The summed E-state index contributed by atoms with van der Waals surface area (Å²) >= 11 is 0.